The molecule has 0 radical (unpaired) electrons. The minimum absolute atomic E-state index is 0.520. The van der Waals surface area contributed by atoms with E-state index in [2.05, 4.69) is 15.3 Å². The lowest BCUT2D eigenvalue weighted by Crippen LogP contribution is -2.19. The molecular formula is C13H18ClN3S. The third-order valence-corrected chi connectivity index (χ3v) is 4.57. The van der Waals surface area contributed by atoms with Crippen LogP contribution in [0, 0.1) is 17.8 Å². The van der Waals surface area contributed by atoms with Crippen LogP contribution in [0.15, 0.2) is 11.2 Å². The molecule has 0 unspecified atom stereocenters. The number of thioether (sulfide) groups is 1. The first-order valence-corrected chi connectivity index (χ1v) is 8.19. The van der Waals surface area contributed by atoms with Gasteiger partial charge in [0, 0.05) is 12.6 Å². The molecule has 5 heteroatoms. The summed E-state index contributed by atoms with van der Waals surface area (Å²) in [7, 11) is 0. The zero-order valence-corrected chi connectivity index (χ0v) is 12.1. The molecule has 2 aliphatic carbocycles. The fourth-order valence-electron chi connectivity index (χ4n) is 2.57. The van der Waals surface area contributed by atoms with E-state index in [4.69, 9.17) is 11.6 Å². The number of nitrogens with zero attached hydrogens (tertiary/aromatic N) is 2. The Balaban J connectivity index is 1.62. The van der Waals surface area contributed by atoms with E-state index in [1.54, 1.807) is 0 Å². The molecule has 0 aromatic carbocycles. The van der Waals surface area contributed by atoms with E-state index in [9.17, 15) is 0 Å². The molecule has 0 spiro atoms. The van der Waals surface area contributed by atoms with Crippen LogP contribution >= 0.6 is 23.4 Å². The summed E-state index contributed by atoms with van der Waals surface area (Å²) in [5, 5.41) is 4.71. The summed E-state index contributed by atoms with van der Waals surface area (Å²) >= 11 is 7.51. The molecule has 3 rings (SSSR count). The van der Waals surface area contributed by atoms with E-state index in [0.717, 1.165) is 35.3 Å². The molecule has 1 heterocycles. The van der Waals surface area contributed by atoms with E-state index >= 15 is 0 Å². The van der Waals surface area contributed by atoms with Gasteiger partial charge in [0.15, 0.2) is 5.16 Å². The van der Waals surface area contributed by atoms with Crippen molar-refractivity contribution in [3.8, 4) is 0 Å². The first kappa shape index (κ1) is 12.5. The number of rotatable bonds is 6. The fraction of sp³-hybridized carbons (Fsp3) is 0.692. The topological polar surface area (TPSA) is 37.8 Å². The molecule has 1 N–H and O–H groups in total. The van der Waals surface area contributed by atoms with Crippen molar-refractivity contribution in [2.75, 3.05) is 18.1 Å². The lowest BCUT2D eigenvalue weighted by atomic mass is 9.98. The Kier molecular flexibility index (Phi) is 3.66. The average molecular weight is 284 g/mol. The summed E-state index contributed by atoms with van der Waals surface area (Å²) in [6.45, 7) is 1.04. The highest BCUT2D eigenvalue weighted by Crippen LogP contribution is 2.49. The van der Waals surface area contributed by atoms with Crippen LogP contribution in [0.2, 0.25) is 5.15 Å². The number of nitrogens with one attached hydrogen (secondary N) is 1. The van der Waals surface area contributed by atoms with Crippen LogP contribution in [0.3, 0.4) is 0 Å². The van der Waals surface area contributed by atoms with Gasteiger partial charge in [0.1, 0.15) is 11.0 Å². The molecule has 3 nitrogen and oxygen atoms in total. The third-order valence-electron chi connectivity index (χ3n) is 3.83. The van der Waals surface area contributed by atoms with Crippen molar-refractivity contribution in [2.24, 2.45) is 17.8 Å². The number of hydrogen-bond donors (Lipinski definition) is 1. The van der Waals surface area contributed by atoms with E-state index in [1.165, 1.54) is 37.4 Å². The monoisotopic (exact) mass is 283 g/mol. The molecule has 0 atom stereocenters. The van der Waals surface area contributed by atoms with Crippen LogP contribution in [0.1, 0.15) is 25.7 Å². The Morgan fingerprint density at radius 2 is 2.00 bits per heavy atom. The standard InChI is InChI=1S/C13H18ClN3S/c1-18-13-16-11(14)6-12(17-13)15-7-10(8-2-3-8)9-4-5-9/h6,8-10H,2-5,7H2,1H3,(H,15,16,17). The second-order valence-corrected chi connectivity index (χ2v) is 6.44. The smallest absolute Gasteiger partial charge is 0.190 e. The second kappa shape index (κ2) is 5.25. The van der Waals surface area contributed by atoms with E-state index in [0.29, 0.717) is 5.15 Å². The van der Waals surface area contributed by atoms with Crippen molar-refractivity contribution in [3.05, 3.63) is 11.2 Å². The van der Waals surface area contributed by atoms with Gasteiger partial charge in [-0.3, -0.25) is 0 Å². The Morgan fingerprint density at radius 1 is 1.33 bits per heavy atom. The SMILES string of the molecule is CSc1nc(Cl)cc(NCC(C2CC2)C2CC2)n1. The molecule has 98 valence electrons. The largest absolute Gasteiger partial charge is 0.370 e. The van der Waals surface area contributed by atoms with Gasteiger partial charge in [0.2, 0.25) is 0 Å². The Morgan fingerprint density at radius 3 is 2.56 bits per heavy atom. The Hall–Kier alpha value is -0.480. The molecule has 2 saturated carbocycles. The zero-order chi connectivity index (χ0) is 12.5. The van der Waals surface area contributed by atoms with Crippen LogP contribution in [-0.2, 0) is 0 Å². The maximum absolute atomic E-state index is 5.99. The van der Waals surface area contributed by atoms with Crippen LogP contribution in [-0.4, -0.2) is 22.8 Å². The predicted octanol–water partition coefficient (Wildman–Crippen LogP) is 3.70. The summed E-state index contributed by atoms with van der Waals surface area (Å²) in [5.74, 6) is 3.63. The van der Waals surface area contributed by atoms with Crippen molar-refractivity contribution < 1.29 is 0 Å². The molecule has 0 saturated heterocycles. The molecule has 0 amide bonds. The van der Waals surface area contributed by atoms with Gasteiger partial charge in [-0.25, -0.2) is 9.97 Å². The van der Waals surface area contributed by atoms with Crippen molar-refractivity contribution in [1.29, 1.82) is 0 Å². The number of anilines is 1. The molecule has 0 aliphatic heterocycles. The van der Waals surface area contributed by atoms with Gasteiger partial charge in [-0.2, -0.15) is 0 Å². The van der Waals surface area contributed by atoms with Crippen LogP contribution < -0.4 is 5.32 Å². The highest BCUT2D eigenvalue weighted by Gasteiger charge is 2.41. The van der Waals surface area contributed by atoms with Gasteiger partial charge in [0.05, 0.1) is 0 Å². The summed E-state index contributed by atoms with van der Waals surface area (Å²) in [4.78, 5) is 8.59. The molecule has 2 fully saturated rings. The van der Waals surface area contributed by atoms with Gasteiger partial charge < -0.3 is 5.32 Å². The van der Waals surface area contributed by atoms with Crippen molar-refractivity contribution in [1.82, 2.24) is 9.97 Å². The minimum atomic E-state index is 0.520. The molecule has 1 aromatic heterocycles. The Bertz CT molecular complexity index is 420. The minimum Gasteiger partial charge on any atom is -0.370 e. The first-order valence-electron chi connectivity index (χ1n) is 6.58. The number of hydrogen-bond acceptors (Lipinski definition) is 4. The zero-order valence-electron chi connectivity index (χ0n) is 10.5. The highest BCUT2D eigenvalue weighted by molar-refractivity contribution is 7.98. The maximum atomic E-state index is 5.99. The van der Waals surface area contributed by atoms with Crippen molar-refractivity contribution >= 4 is 29.2 Å². The van der Waals surface area contributed by atoms with E-state index in [-0.39, 0.29) is 0 Å². The van der Waals surface area contributed by atoms with E-state index < -0.39 is 0 Å². The number of aromatic nitrogens is 2. The lowest BCUT2D eigenvalue weighted by Gasteiger charge is -2.16. The molecular weight excluding hydrogens is 266 g/mol. The van der Waals surface area contributed by atoms with E-state index in [1.807, 2.05) is 12.3 Å². The van der Waals surface area contributed by atoms with Crippen molar-refractivity contribution in [3.63, 3.8) is 0 Å². The third kappa shape index (κ3) is 3.09. The van der Waals surface area contributed by atoms with Gasteiger partial charge >= 0.3 is 0 Å². The lowest BCUT2D eigenvalue weighted by molar-refractivity contribution is 0.427. The maximum Gasteiger partial charge on any atom is 0.190 e. The van der Waals surface area contributed by atoms with Crippen LogP contribution in [0.5, 0.6) is 0 Å². The molecule has 2 aliphatic rings. The molecule has 0 bridgehead atoms. The fourth-order valence-corrected chi connectivity index (χ4v) is 3.18. The highest BCUT2D eigenvalue weighted by atomic mass is 35.5. The van der Waals surface area contributed by atoms with Gasteiger partial charge in [0.25, 0.3) is 0 Å². The van der Waals surface area contributed by atoms with Crippen LogP contribution in [0.25, 0.3) is 0 Å². The summed E-state index contributed by atoms with van der Waals surface area (Å²) in [6.07, 6.45) is 7.65. The number of halogens is 1. The molecule has 1 aromatic rings. The van der Waals surface area contributed by atoms with Crippen LogP contribution in [0.4, 0.5) is 5.82 Å². The Labute approximate surface area is 117 Å². The summed E-state index contributed by atoms with van der Waals surface area (Å²) < 4.78 is 0. The average Bonchev–Trinajstić information content (AvgIpc) is 3.22. The second-order valence-electron chi connectivity index (χ2n) is 5.28. The quantitative estimate of drug-likeness (QED) is 0.491. The molecule has 18 heavy (non-hydrogen) atoms. The van der Waals surface area contributed by atoms with Gasteiger partial charge in [-0.05, 0) is 49.7 Å². The summed E-state index contributed by atoms with van der Waals surface area (Å²) in [6, 6.07) is 1.82. The normalized spacial score (nSPS) is 19.3. The van der Waals surface area contributed by atoms with Gasteiger partial charge in [-0.1, -0.05) is 23.4 Å². The summed E-state index contributed by atoms with van der Waals surface area (Å²) in [5.41, 5.74) is 0. The van der Waals surface area contributed by atoms with Gasteiger partial charge in [-0.15, -0.1) is 0 Å². The first-order chi connectivity index (χ1) is 8.76. The predicted molar refractivity (Wildman–Crippen MR) is 76.3 cm³/mol. The van der Waals surface area contributed by atoms with Crippen molar-refractivity contribution in [2.45, 2.75) is 30.8 Å².